The van der Waals surface area contributed by atoms with Crippen LogP contribution in [0.1, 0.15) is 61.6 Å². The molecule has 1 spiro atoms. The number of hydrogen-bond donors (Lipinski definition) is 1. The first-order valence-corrected chi connectivity index (χ1v) is 13.1. The topological polar surface area (TPSA) is 59.0 Å². The molecule has 1 saturated heterocycles. The molecule has 2 heterocycles. The lowest BCUT2D eigenvalue weighted by molar-refractivity contribution is -0.187. The number of hydrogen-bond acceptors (Lipinski definition) is 5. The predicted molar refractivity (Wildman–Crippen MR) is 128 cm³/mol. The Bertz CT molecular complexity index is 1130. The summed E-state index contributed by atoms with van der Waals surface area (Å²) in [6, 6.07) is 13.9. The smallest absolute Gasteiger partial charge is 0.315 e. The van der Waals surface area contributed by atoms with E-state index in [0.29, 0.717) is 5.75 Å². The van der Waals surface area contributed by atoms with Gasteiger partial charge in [0.15, 0.2) is 11.5 Å². The van der Waals surface area contributed by atoms with Crippen molar-refractivity contribution in [3.8, 4) is 11.5 Å². The Labute approximate surface area is 201 Å². The van der Waals surface area contributed by atoms with Crippen LogP contribution in [0.15, 0.2) is 42.5 Å². The summed E-state index contributed by atoms with van der Waals surface area (Å²) in [4.78, 5) is 15.4. The van der Waals surface area contributed by atoms with Crippen LogP contribution in [0.5, 0.6) is 11.5 Å². The number of nitrogens with zero attached hydrogens (tertiary/aromatic N) is 1. The zero-order valence-corrected chi connectivity index (χ0v) is 19.7. The highest BCUT2D eigenvalue weighted by Crippen LogP contribution is 2.65. The van der Waals surface area contributed by atoms with E-state index < -0.39 is 5.60 Å². The molecule has 2 aromatic carbocycles. The van der Waals surface area contributed by atoms with Gasteiger partial charge in [-0.1, -0.05) is 42.8 Å². The first-order valence-electron chi connectivity index (χ1n) is 13.1. The Morgan fingerprint density at radius 2 is 1.94 bits per heavy atom. The van der Waals surface area contributed by atoms with Crippen molar-refractivity contribution in [2.75, 3.05) is 13.1 Å². The van der Waals surface area contributed by atoms with E-state index >= 15 is 0 Å². The lowest BCUT2D eigenvalue weighted by atomic mass is 9.49. The standard InChI is InChI=1S/C29H33NO4/c31-25(16-19-6-2-1-3-7-19)33-22-12-11-21-17-23-29(32)13-5-10-24-28(29,26(21)27(22)34-24)14-15-30(23)18-20-8-4-9-20/h1-3,6-7,11-12,20,23-24,32H,4-5,8-10,13-18H2/t23-,24+,28-,29-/m1/s1. The summed E-state index contributed by atoms with van der Waals surface area (Å²) >= 11 is 0. The molecule has 5 aliphatic rings. The minimum absolute atomic E-state index is 0.0392. The average molecular weight is 460 g/mol. The van der Waals surface area contributed by atoms with Gasteiger partial charge >= 0.3 is 5.97 Å². The number of ether oxygens (including phenoxy) is 2. The maximum atomic E-state index is 12.8. The van der Waals surface area contributed by atoms with Crippen molar-refractivity contribution in [1.29, 1.82) is 0 Å². The molecule has 1 N–H and O–H groups in total. The van der Waals surface area contributed by atoms with E-state index in [9.17, 15) is 9.90 Å². The highest BCUT2D eigenvalue weighted by Gasteiger charge is 2.71. The van der Waals surface area contributed by atoms with Crippen LogP contribution in [-0.2, 0) is 23.1 Å². The van der Waals surface area contributed by atoms with Gasteiger partial charge in [-0.2, -0.15) is 0 Å². The van der Waals surface area contributed by atoms with Crippen LogP contribution in [0.4, 0.5) is 0 Å². The Morgan fingerprint density at radius 1 is 1.09 bits per heavy atom. The molecule has 0 amide bonds. The third-order valence-corrected chi connectivity index (χ3v) is 9.59. The summed E-state index contributed by atoms with van der Waals surface area (Å²) in [5.41, 5.74) is 2.20. The molecule has 2 saturated carbocycles. The lowest BCUT2D eigenvalue weighted by Crippen LogP contribution is -2.75. The molecule has 4 atom stereocenters. The first-order chi connectivity index (χ1) is 16.6. The monoisotopic (exact) mass is 459 g/mol. The van der Waals surface area contributed by atoms with E-state index in [-0.39, 0.29) is 30.0 Å². The molecule has 7 rings (SSSR count). The molecule has 3 fully saturated rings. The van der Waals surface area contributed by atoms with Crippen LogP contribution in [0.3, 0.4) is 0 Å². The van der Waals surface area contributed by atoms with E-state index in [1.807, 2.05) is 36.4 Å². The normalized spacial score (nSPS) is 33.6. The van der Waals surface area contributed by atoms with Crippen molar-refractivity contribution >= 4 is 5.97 Å². The minimum Gasteiger partial charge on any atom is -0.485 e. The molecule has 3 aliphatic carbocycles. The first kappa shape index (κ1) is 21.0. The van der Waals surface area contributed by atoms with Crippen LogP contribution in [0.2, 0.25) is 0 Å². The minimum atomic E-state index is -0.775. The van der Waals surface area contributed by atoms with Crippen LogP contribution in [0, 0.1) is 5.92 Å². The Balaban J connectivity index is 1.25. The van der Waals surface area contributed by atoms with Crippen molar-refractivity contribution in [1.82, 2.24) is 4.90 Å². The number of piperidine rings is 1. The van der Waals surface area contributed by atoms with Crippen molar-refractivity contribution in [2.24, 2.45) is 5.92 Å². The zero-order chi connectivity index (χ0) is 22.9. The molecule has 34 heavy (non-hydrogen) atoms. The molecule has 5 nitrogen and oxygen atoms in total. The molecule has 2 aliphatic heterocycles. The van der Waals surface area contributed by atoms with Gasteiger partial charge in [0.2, 0.25) is 0 Å². The van der Waals surface area contributed by atoms with Gasteiger partial charge < -0.3 is 14.6 Å². The molecule has 2 bridgehead atoms. The summed E-state index contributed by atoms with van der Waals surface area (Å²) in [5, 5.41) is 12.4. The largest absolute Gasteiger partial charge is 0.485 e. The third-order valence-electron chi connectivity index (χ3n) is 9.59. The summed E-state index contributed by atoms with van der Waals surface area (Å²) in [6.07, 6.45) is 8.72. The zero-order valence-electron chi connectivity index (χ0n) is 19.7. The van der Waals surface area contributed by atoms with Gasteiger partial charge in [-0.25, -0.2) is 0 Å². The van der Waals surface area contributed by atoms with Crippen LogP contribution in [-0.4, -0.2) is 46.8 Å². The predicted octanol–water partition coefficient (Wildman–Crippen LogP) is 4.18. The number of benzene rings is 2. The second-order valence-electron chi connectivity index (χ2n) is 11.2. The molecule has 178 valence electrons. The number of carbonyl (C=O) groups is 1. The van der Waals surface area contributed by atoms with Gasteiger partial charge in [0, 0.05) is 18.2 Å². The number of rotatable bonds is 5. The summed E-state index contributed by atoms with van der Waals surface area (Å²) in [5.74, 6) is 1.74. The quantitative estimate of drug-likeness (QED) is 0.537. The van der Waals surface area contributed by atoms with E-state index in [0.717, 1.165) is 68.0 Å². The molecule has 0 radical (unpaired) electrons. The lowest BCUT2D eigenvalue weighted by Gasteiger charge is -2.63. The van der Waals surface area contributed by atoms with Crippen molar-refractivity contribution in [3.05, 3.63) is 59.2 Å². The third kappa shape index (κ3) is 2.83. The van der Waals surface area contributed by atoms with E-state index in [1.165, 1.54) is 24.8 Å². The van der Waals surface area contributed by atoms with E-state index in [1.54, 1.807) is 0 Å². The maximum absolute atomic E-state index is 12.8. The number of aliphatic hydroxyl groups is 1. The van der Waals surface area contributed by atoms with Gasteiger partial charge in [0.1, 0.15) is 6.10 Å². The number of likely N-dealkylation sites (tertiary alicyclic amines) is 1. The molecule has 0 unspecified atom stereocenters. The second kappa shape index (κ2) is 7.56. The molecule has 5 heteroatoms. The molecular weight excluding hydrogens is 426 g/mol. The summed E-state index contributed by atoms with van der Waals surface area (Å²) < 4.78 is 12.5. The Morgan fingerprint density at radius 3 is 2.74 bits per heavy atom. The second-order valence-corrected chi connectivity index (χ2v) is 11.2. The van der Waals surface area contributed by atoms with Gasteiger partial charge in [-0.3, -0.25) is 9.69 Å². The van der Waals surface area contributed by atoms with Gasteiger partial charge in [0.25, 0.3) is 0 Å². The van der Waals surface area contributed by atoms with Gasteiger partial charge in [0.05, 0.1) is 17.4 Å². The molecular formula is C29H33NO4. The van der Waals surface area contributed by atoms with Gasteiger partial charge in [-0.15, -0.1) is 0 Å². The number of esters is 1. The summed E-state index contributed by atoms with van der Waals surface area (Å²) in [7, 11) is 0. The van der Waals surface area contributed by atoms with Gasteiger partial charge in [-0.05, 0) is 74.6 Å². The fourth-order valence-electron chi connectivity index (χ4n) is 7.84. The Hall–Kier alpha value is -2.37. The fraction of sp³-hybridized carbons (Fsp3) is 0.552. The highest BCUT2D eigenvalue weighted by atomic mass is 16.6. The van der Waals surface area contributed by atoms with E-state index in [4.69, 9.17) is 9.47 Å². The SMILES string of the molecule is O=C(Cc1ccccc1)Oc1ccc2c3c1O[C@H]1CCC[C@@]4(O)[C@@H](C2)N(CC2CCC2)CC[C@]314. The van der Waals surface area contributed by atoms with Crippen LogP contribution in [0.25, 0.3) is 0 Å². The fourth-order valence-corrected chi connectivity index (χ4v) is 7.84. The van der Waals surface area contributed by atoms with Crippen LogP contribution < -0.4 is 9.47 Å². The molecule has 2 aromatic rings. The van der Waals surface area contributed by atoms with Crippen molar-refractivity contribution < 1.29 is 19.4 Å². The van der Waals surface area contributed by atoms with Crippen molar-refractivity contribution in [2.45, 2.75) is 80.9 Å². The summed E-state index contributed by atoms with van der Waals surface area (Å²) in [6.45, 7) is 2.13. The highest BCUT2D eigenvalue weighted by molar-refractivity contribution is 5.77. The number of carbonyl (C=O) groups excluding carboxylic acids is 1. The van der Waals surface area contributed by atoms with Crippen molar-refractivity contribution in [3.63, 3.8) is 0 Å². The average Bonchev–Trinajstić information content (AvgIpc) is 3.14. The Kier molecular flexibility index (Phi) is 4.66. The maximum Gasteiger partial charge on any atom is 0.315 e. The van der Waals surface area contributed by atoms with E-state index in [2.05, 4.69) is 11.0 Å². The van der Waals surface area contributed by atoms with Crippen LogP contribution >= 0.6 is 0 Å². The molecule has 0 aromatic heterocycles.